The molecule has 0 saturated carbocycles. The van der Waals surface area contributed by atoms with E-state index in [0.29, 0.717) is 6.61 Å². The molecule has 0 atom stereocenters. The highest BCUT2D eigenvalue weighted by atomic mass is 16.5. The molecular formula is C25H30N6O. The third-order valence-corrected chi connectivity index (χ3v) is 5.68. The maximum Gasteiger partial charge on any atom is 0.162 e. The molecule has 4 rings (SSSR count). The average molecular weight is 431 g/mol. The lowest BCUT2D eigenvalue weighted by Crippen LogP contribution is -2.45. The van der Waals surface area contributed by atoms with Crippen LogP contribution in [0.1, 0.15) is 5.56 Å². The van der Waals surface area contributed by atoms with Gasteiger partial charge in [0.15, 0.2) is 5.65 Å². The maximum atomic E-state index is 6.04. The van der Waals surface area contributed by atoms with E-state index in [9.17, 15) is 0 Å². The molecule has 7 nitrogen and oxygen atoms in total. The van der Waals surface area contributed by atoms with Crippen LogP contribution < -0.4 is 10.5 Å². The molecule has 1 aliphatic rings. The Morgan fingerprint density at radius 3 is 2.81 bits per heavy atom. The fourth-order valence-corrected chi connectivity index (χ4v) is 3.82. The van der Waals surface area contributed by atoms with Crippen LogP contribution in [0.3, 0.4) is 0 Å². The fraction of sp³-hybridized carbons (Fsp3) is 0.280. The highest BCUT2D eigenvalue weighted by Crippen LogP contribution is 2.26. The number of fused-ring (bicyclic) bond motifs is 1. The van der Waals surface area contributed by atoms with Crippen molar-refractivity contribution in [3.8, 4) is 16.9 Å². The van der Waals surface area contributed by atoms with Crippen molar-refractivity contribution in [2.75, 3.05) is 46.4 Å². The van der Waals surface area contributed by atoms with Gasteiger partial charge in [0.05, 0.1) is 6.20 Å². The summed E-state index contributed by atoms with van der Waals surface area (Å²) in [7, 11) is 2.17. The van der Waals surface area contributed by atoms with Gasteiger partial charge in [0.25, 0.3) is 0 Å². The summed E-state index contributed by atoms with van der Waals surface area (Å²) in [6.07, 6.45) is 12.6. The molecule has 7 heteroatoms. The van der Waals surface area contributed by atoms with Crippen LogP contribution in [0.25, 0.3) is 22.3 Å². The molecule has 0 aliphatic carbocycles. The summed E-state index contributed by atoms with van der Waals surface area (Å²) in [6, 6.07) is 8.12. The Hall–Kier alpha value is -3.42. The van der Waals surface area contributed by atoms with Crippen LogP contribution in [0.15, 0.2) is 73.9 Å². The van der Waals surface area contributed by atoms with Crippen LogP contribution in [0.5, 0.6) is 5.75 Å². The zero-order valence-electron chi connectivity index (χ0n) is 18.5. The van der Waals surface area contributed by atoms with Crippen LogP contribution in [-0.4, -0.2) is 70.8 Å². The highest BCUT2D eigenvalue weighted by molar-refractivity contribution is 5.82. The molecule has 3 aromatic rings. The number of rotatable bonds is 8. The van der Waals surface area contributed by atoms with Gasteiger partial charge in [0, 0.05) is 56.2 Å². The van der Waals surface area contributed by atoms with E-state index in [2.05, 4.69) is 45.6 Å². The first-order valence-corrected chi connectivity index (χ1v) is 10.9. The summed E-state index contributed by atoms with van der Waals surface area (Å²) in [6.45, 7) is 9.83. The molecule has 1 aromatic carbocycles. The number of piperazine rings is 1. The summed E-state index contributed by atoms with van der Waals surface area (Å²) in [4.78, 5) is 9.47. The Balaban J connectivity index is 1.47. The van der Waals surface area contributed by atoms with Crippen molar-refractivity contribution in [2.45, 2.75) is 0 Å². The molecule has 32 heavy (non-hydrogen) atoms. The van der Waals surface area contributed by atoms with Gasteiger partial charge in [-0.15, -0.1) is 0 Å². The number of nitrogens with zero attached hydrogens (tertiary/aromatic N) is 5. The highest BCUT2D eigenvalue weighted by Gasteiger charge is 2.13. The number of likely N-dealkylation sites (N-methyl/N-ethyl adjacent to an activating group) is 1. The molecular weight excluding hydrogens is 400 g/mol. The van der Waals surface area contributed by atoms with Gasteiger partial charge in [-0.2, -0.15) is 5.10 Å². The minimum atomic E-state index is 0.681. The maximum absolute atomic E-state index is 6.04. The molecule has 1 fully saturated rings. The molecule has 0 amide bonds. The van der Waals surface area contributed by atoms with Gasteiger partial charge in [-0.25, -0.2) is 9.50 Å². The van der Waals surface area contributed by atoms with E-state index in [1.165, 1.54) is 6.20 Å². The van der Waals surface area contributed by atoms with Crippen molar-refractivity contribution in [3.63, 3.8) is 0 Å². The number of hydrogen-bond acceptors (Lipinski definition) is 6. The Morgan fingerprint density at radius 2 is 2.03 bits per heavy atom. The van der Waals surface area contributed by atoms with E-state index in [1.54, 1.807) is 16.8 Å². The monoisotopic (exact) mass is 430 g/mol. The first kappa shape index (κ1) is 21.8. The van der Waals surface area contributed by atoms with E-state index in [-0.39, 0.29) is 0 Å². The number of ether oxygens (including phenoxy) is 1. The standard InChI is InChI=1S/C25H30N6O/c1-3-5-20(8-9-26)24-18-28-31-19-22(17-27-25(24)31)21-6-4-7-23(16-21)32-15-14-30-12-10-29(2)11-13-30/h3-9,16-19H,1,10-15,26H2,2H3/b9-8-,20-5+. The van der Waals surface area contributed by atoms with Crippen molar-refractivity contribution < 1.29 is 4.74 Å². The summed E-state index contributed by atoms with van der Waals surface area (Å²) in [5.74, 6) is 0.863. The summed E-state index contributed by atoms with van der Waals surface area (Å²) < 4.78 is 7.82. The SMILES string of the molecule is C=C/C=C(\C=C/N)c1cnn2cc(-c3cccc(OCCN4CCN(C)CC4)c3)cnc12. The van der Waals surface area contributed by atoms with Crippen LogP contribution in [-0.2, 0) is 0 Å². The van der Waals surface area contributed by atoms with E-state index >= 15 is 0 Å². The van der Waals surface area contributed by atoms with Crippen molar-refractivity contribution in [1.29, 1.82) is 0 Å². The smallest absolute Gasteiger partial charge is 0.162 e. The van der Waals surface area contributed by atoms with Crippen LogP contribution in [0, 0.1) is 0 Å². The Bertz CT molecular complexity index is 1120. The zero-order chi connectivity index (χ0) is 22.3. The first-order valence-electron chi connectivity index (χ1n) is 10.9. The second-order valence-corrected chi connectivity index (χ2v) is 7.91. The van der Waals surface area contributed by atoms with E-state index in [1.807, 2.05) is 36.7 Å². The molecule has 0 spiro atoms. The lowest BCUT2D eigenvalue weighted by molar-refractivity contribution is 0.134. The number of allylic oxidation sites excluding steroid dienone is 4. The first-order chi connectivity index (χ1) is 15.7. The van der Waals surface area contributed by atoms with Gasteiger partial charge in [-0.05, 0) is 42.6 Å². The van der Waals surface area contributed by atoms with Crippen molar-refractivity contribution in [2.24, 2.45) is 5.73 Å². The Kier molecular flexibility index (Phi) is 6.99. The van der Waals surface area contributed by atoms with Gasteiger partial charge in [0.2, 0.25) is 0 Å². The molecule has 2 N–H and O–H groups in total. The molecule has 166 valence electrons. The Labute approximate surface area is 189 Å². The third-order valence-electron chi connectivity index (χ3n) is 5.68. The van der Waals surface area contributed by atoms with E-state index in [4.69, 9.17) is 10.5 Å². The molecule has 0 bridgehead atoms. The van der Waals surface area contributed by atoms with Crippen LogP contribution in [0.4, 0.5) is 0 Å². The lowest BCUT2D eigenvalue weighted by Gasteiger charge is -2.32. The molecule has 2 aromatic heterocycles. The fourth-order valence-electron chi connectivity index (χ4n) is 3.82. The number of hydrogen-bond donors (Lipinski definition) is 1. The topological polar surface area (TPSA) is 71.9 Å². The van der Waals surface area contributed by atoms with E-state index in [0.717, 1.165) is 66.4 Å². The quantitative estimate of drug-likeness (QED) is 0.554. The second-order valence-electron chi connectivity index (χ2n) is 7.91. The minimum absolute atomic E-state index is 0.681. The van der Waals surface area contributed by atoms with Gasteiger partial charge < -0.3 is 15.4 Å². The second kappa shape index (κ2) is 10.3. The zero-order valence-corrected chi connectivity index (χ0v) is 18.5. The normalized spacial score (nSPS) is 16.1. The van der Waals surface area contributed by atoms with E-state index < -0.39 is 0 Å². The molecule has 1 saturated heterocycles. The predicted octanol–water partition coefficient (Wildman–Crippen LogP) is 3.06. The van der Waals surface area contributed by atoms with Gasteiger partial charge in [0.1, 0.15) is 12.4 Å². The largest absolute Gasteiger partial charge is 0.492 e. The predicted molar refractivity (Wildman–Crippen MR) is 129 cm³/mol. The minimum Gasteiger partial charge on any atom is -0.492 e. The van der Waals surface area contributed by atoms with Gasteiger partial charge in [-0.1, -0.05) is 30.9 Å². The van der Waals surface area contributed by atoms with Crippen molar-refractivity contribution in [3.05, 3.63) is 79.4 Å². The molecule has 0 unspecified atom stereocenters. The van der Waals surface area contributed by atoms with Gasteiger partial charge in [-0.3, -0.25) is 4.90 Å². The van der Waals surface area contributed by atoms with Crippen molar-refractivity contribution >= 4 is 11.2 Å². The summed E-state index contributed by atoms with van der Waals surface area (Å²) in [5.41, 5.74) is 10.2. The molecule has 1 aliphatic heterocycles. The number of nitrogens with two attached hydrogens (primary N) is 1. The molecule has 0 radical (unpaired) electrons. The summed E-state index contributed by atoms with van der Waals surface area (Å²) in [5, 5.41) is 4.48. The lowest BCUT2D eigenvalue weighted by atomic mass is 10.1. The molecule has 3 heterocycles. The third kappa shape index (κ3) is 5.07. The number of aromatic nitrogens is 3. The summed E-state index contributed by atoms with van der Waals surface area (Å²) >= 11 is 0. The van der Waals surface area contributed by atoms with Crippen molar-refractivity contribution in [1.82, 2.24) is 24.4 Å². The van der Waals surface area contributed by atoms with Crippen LogP contribution in [0.2, 0.25) is 0 Å². The Morgan fingerprint density at radius 1 is 1.19 bits per heavy atom. The average Bonchev–Trinajstić information content (AvgIpc) is 3.24. The number of benzene rings is 1. The van der Waals surface area contributed by atoms with Gasteiger partial charge >= 0.3 is 0 Å². The van der Waals surface area contributed by atoms with Crippen LogP contribution >= 0.6 is 0 Å².